The number of nitrogens with zero attached hydrogens (tertiary/aromatic N) is 1. The molecule has 0 aliphatic carbocycles. The number of carbonyl (C=O) groups is 1. The van der Waals surface area contributed by atoms with Crippen LogP contribution >= 0.6 is 0 Å². The highest BCUT2D eigenvalue weighted by molar-refractivity contribution is 5.91. The minimum atomic E-state index is -0.427. The number of benzene rings is 1. The van der Waals surface area contributed by atoms with Crippen LogP contribution in [0.2, 0.25) is 0 Å². The first-order valence-corrected chi connectivity index (χ1v) is 7.55. The highest BCUT2D eigenvalue weighted by Crippen LogP contribution is 2.38. The lowest BCUT2D eigenvalue weighted by atomic mass is 10.1. The zero-order valence-corrected chi connectivity index (χ0v) is 14.1. The molecule has 0 atom stereocenters. The lowest BCUT2D eigenvalue weighted by Crippen LogP contribution is -2.08. The summed E-state index contributed by atoms with van der Waals surface area (Å²) in [5, 5.41) is 0. The Kier molecular flexibility index (Phi) is 6.42. The zero-order valence-electron chi connectivity index (χ0n) is 14.1. The van der Waals surface area contributed by atoms with Gasteiger partial charge in [0.1, 0.15) is 0 Å². The van der Waals surface area contributed by atoms with E-state index >= 15 is 0 Å². The van der Waals surface area contributed by atoms with E-state index < -0.39 is 5.97 Å². The molecular weight excluding hydrogens is 310 g/mol. The smallest absolute Gasteiger partial charge is 0.338 e. The monoisotopic (exact) mass is 331 g/mol. The Morgan fingerprint density at radius 3 is 2.17 bits per heavy atom. The molecule has 0 spiro atoms. The molecule has 0 bridgehead atoms. The second kappa shape index (κ2) is 8.76. The van der Waals surface area contributed by atoms with Crippen molar-refractivity contribution in [3.63, 3.8) is 0 Å². The molecule has 0 saturated heterocycles. The van der Waals surface area contributed by atoms with Crippen LogP contribution in [0.3, 0.4) is 0 Å². The summed E-state index contributed by atoms with van der Waals surface area (Å²) in [5.41, 5.74) is 1.52. The normalized spacial score (nSPS) is 10.1. The first-order valence-electron chi connectivity index (χ1n) is 7.55. The minimum Gasteiger partial charge on any atom is -0.493 e. The SMILES string of the molecule is COc1cc(C(=O)OCCCc2ccncc2)cc(OC)c1OC. The van der Waals surface area contributed by atoms with Gasteiger partial charge in [-0.1, -0.05) is 0 Å². The predicted molar refractivity (Wildman–Crippen MR) is 88.9 cm³/mol. The summed E-state index contributed by atoms with van der Waals surface area (Å²) >= 11 is 0. The van der Waals surface area contributed by atoms with Crippen molar-refractivity contribution in [1.29, 1.82) is 0 Å². The Balaban J connectivity index is 1.96. The van der Waals surface area contributed by atoms with Gasteiger partial charge in [0.05, 0.1) is 33.5 Å². The van der Waals surface area contributed by atoms with Crippen LogP contribution in [0.5, 0.6) is 17.2 Å². The number of methoxy groups -OCH3 is 3. The average molecular weight is 331 g/mol. The summed E-state index contributed by atoms with van der Waals surface area (Å²) in [7, 11) is 4.51. The molecule has 0 fully saturated rings. The first-order chi connectivity index (χ1) is 11.7. The molecule has 6 heteroatoms. The summed E-state index contributed by atoms with van der Waals surface area (Å²) in [5.74, 6) is 0.847. The van der Waals surface area contributed by atoms with Gasteiger partial charge in [-0.05, 0) is 42.7 Å². The van der Waals surface area contributed by atoms with Crippen molar-refractivity contribution in [2.75, 3.05) is 27.9 Å². The summed E-state index contributed by atoms with van der Waals surface area (Å²) in [6.45, 7) is 0.331. The van der Waals surface area contributed by atoms with Crippen molar-refractivity contribution in [3.05, 3.63) is 47.8 Å². The number of ether oxygens (including phenoxy) is 4. The maximum atomic E-state index is 12.2. The first kappa shape index (κ1) is 17.6. The van der Waals surface area contributed by atoms with E-state index in [1.165, 1.54) is 21.3 Å². The van der Waals surface area contributed by atoms with Gasteiger partial charge in [0.2, 0.25) is 5.75 Å². The van der Waals surface area contributed by atoms with Gasteiger partial charge in [-0.15, -0.1) is 0 Å². The van der Waals surface area contributed by atoms with Crippen molar-refractivity contribution in [3.8, 4) is 17.2 Å². The van der Waals surface area contributed by atoms with Crippen molar-refractivity contribution in [2.45, 2.75) is 12.8 Å². The van der Waals surface area contributed by atoms with Gasteiger partial charge in [0.25, 0.3) is 0 Å². The van der Waals surface area contributed by atoms with Crippen LogP contribution in [0.25, 0.3) is 0 Å². The molecule has 128 valence electrons. The number of rotatable bonds is 8. The van der Waals surface area contributed by atoms with Crippen LogP contribution in [-0.2, 0) is 11.2 Å². The third-order valence-corrected chi connectivity index (χ3v) is 3.49. The van der Waals surface area contributed by atoms with Crippen LogP contribution in [0.4, 0.5) is 0 Å². The maximum absolute atomic E-state index is 12.2. The molecule has 0 unspecified atom stereocenters. The van der Waals surface area contributed by atoms with E-state index in [4.69, 9.17) is 18.9 Å². The van der Waals surface area contributed by atoms with Gasteiger partial charge in [-0.25, -0.2) is 4.79 Å². The third-order valence-electron chi connectivity index (χ3n) is 3.49. The van der Waals surface area contributed by atoms with E-state index in [1.807, 2.05) is 12.1 Å². The Morgan fingerprint density at radius 2 is 1.62 bits per heavy atom. The molecule has 0 N–H and O–H groups in total. The molecule has 0 amide bonds. The fourth-order valence-corrected chi connectivity index (χ4v) is 2.27. The quantitative estimate of drug-likeness (QED) is 0.547. The standard InChI is InChI=1S/C18H21NO5/c1-21-15-11-14(12-16(22-2)17(15)23-3)18(20)24-10-4-5-13-6-8-19-9-7-13/h6-9,11-12H,4-5,10H2,1-3H3. The summed E-state index contributed by atoms with van der Waals surface area (Å²) in [6, 6.07) is 7.04. The molecule has 0 aliphatic rings. The molecular formula is C18H21NO5. The highest BCUT2D eigenvalue weighted by Gasteiger charge is 2.17. The molecule has 2 rings (SSSR count). The Bertz CT molecular complexity index is 647. The number of pyridine rings is 1. The van der Waals surface area contributed by atoms with E-state index in [0.717, 1.165) is 18.4 Å². The number of aryl methyl sites for hydroxylation is 1. The second-order valence-electron chi connectivity index (χ2n) is 5.01. The lowest BCUT2D eigenvalue weighted by Gasteiger charge is -2.13. The molecule has 0 aliphatic heterocycles. The maximum Gasteiger partial charge on any atom is 0.338 e. The molecule has 0 radical (unpaired) electrons. The Labute approximate surface area is 141 Å². The largest absolute Gasteiger partial charge is 0.493 e. The molecule has 1 aromatic carbocycles. The zero-order chi connectivity index (χ0) is 17.4. The van der Waals surface area contributed by atoms with E-state index in [2.05, 4.69) is 4.98 Å². The summed E-state index contributed by atoms with van der Waals surface area (Å²) < 4.78 is 21.0. The number of hydrogen-bond acceptors (Lipinski definition) is 6. The van der Waals surface area contributed by atoms with Gasteiger partial charge >= 0.3 is 5.97 Å². The highest BCUT2D eigenvalue weighted by atomic mass is 16.5. The molecule has 1 aromatic heterocycles. The Morgan fingerprint density at radius 1 is 1.00 bits per heavy atom. The number of esters is 1. The van der Waals surface area contributed by atoms with Gasteiger partial charge in [-0.2, -0.15) is 0 Å². The van der Waals surface area contributed by atoms with E-state index in [9.17, 15) is 4.79 Å². The van der Waals surface area contributed by atoms with Crippen molar-refractivity contribution < 1.29 is 23.7 Å². The van der Waals surface area contributed by atoms with Gasteiger partial charge in [0.15, 0.2) is 11.5 Å². The van der Waals surface area contributed by atoms with Crippen LogP contribution in [-0.4, -0.2) is 38.9 Å². The Hall–Kier alpha value is -2.76. The molecule has 6 nitrogen and oxygen atoms in total. The predicted octanol–water partition coefficient (Wildman–Crippen LogP) is 2.90. The number of aromatic nitrogens is 1. The van der Waals surface area contributed by atoms with E-state index in [1.54, 1.807) is 24.5 Å². The van der Waals surface area contributed by atoms with E-state index in [-0.39, 0.29) is 0 Å². The van der Waals surface area contributed by atoms with Gasteiger partial charge < -0.3 is 18.9 Å². The van der Waals surface area contributed by atoms with Crippen molar-refractivity contribution in [2.24, 2.45) is 0 Å². The summed E-state index contributed by atoms with van der Waals surface area (Å²) in [4.78, 5) is 16.2. The van der Waals surface area contributed by atoms with Gasteiger partial charge in [0, 0.05) is 12.4 Å². The number of carbonyl (C=O) groups excluding carboxylic acids is 1. The van der Waals surface area contributed by atoms with Crippen molar-refractivity contribution >= 4 is 5.97 Å². The van der Waals surface area contributed by atoms with Crippen molar-refractivity contribution in [1.82, 2.24) is 4.98 Å². The number of hydrogen-bond donors (Lipinski definition) is 0. The van der Waals surface area contributed by atoms with Crippen LogP contribution in [0, 0.1) is 0 Å². The fourth-order valence-electron chi connectivity index (χ4n) is 2.27. The minimum absolute atomic E-state index is 0.331. The van der Waals surface area contributed by atoms with Crippen LogP contribution in [0.15, 0.2) is 36.7 Å². The topological polar surface area (TPSA) is 66.9 Å². The second-order valence-corrected chi connectivity index (χ2v) is 5.01. The average Bonchev–Trinajstić information content (AvgIpc) is 2.64. The van der Waals surface area contributed by atoms with Crippen LogP contribution < -0.4 is 14.2 Å². The van der Waals surface area contributed by atoms with Crippen LogP contribution in [0.1, 0.15) is 22.3 Å². The lowest BCUT2D eigenvalue weighted by molar-refractivity contribution is 0.0499. The summed E-state index contributed by atoms with van der Waals surface area (Å²) in [6.07, 6.45) is 5.06. The third kappa shape index (κ3) is 4.38. The molecule has 0 saturated carbocycles. The molecule has 2 aromatic rings. The van der Waals surface area contributed by atoms with Gasteiger partial charge in [-0.3, -0.25) is 4.98 Å². The van der Waals surface area contributed by atoms with E-state index in [0.29, 0.717) is 29.4 Å². The fraction of sp³-hybridized carbons (Fsp3) is 0.333. The molecule has 24 heavy (non-hydrogen) atoms. The molecule has 1 heterocycles.